The average Bonchev–Trinajstić information content (AvgIpc) is 3.35. The first-order valence-electron chi connectivity index (χ1n) is 8.81. The van der Waals surface area contributed by atoms with Crippen LogP contribution in [0.5, 0.6) is 0 Å². The largest absolute Gasteiger partial charge is 0.353 e. The van der Waals surface area contributed by atoms with Crippen molar-refractivity contribution in [3.63, 3.8) is 0 Å². The van der Waals surface area contributed by atoms with Crippen molar-refractivity contribution in [1.82, 2.24) is 20.3 Å². The summed E-state index contributed by atoms with van der Waals surface area (Å²) in [6.07, 6.45) is 4.65. The lowest BCUT2D eigenvalue weighted by atomic mass is 10.0. The number of carbonyl (C=O) groups excluding carboxylic acids is 1. The summed E-state index contributed by atoms with van der Waals surface area (Å²) in [5.41, 5.74) is 8.59. The van der Waals surface area contributed by atoms with Crippen LogP contribution in [0.25, 0.3) is 0 Å². The Labute approximate surface area is 146 Å². The van der Waals surface area contributed by atoms with E-state index in [-0.39, 0.29) is 29.8 Å². The van der Waals surface area contributed by atoms with Crippen molar-refractivity contribution < 1.29 is 9.18 Å². The highest BCUT2D eigenvalue weighted by atomic mass is 19.1. The Bertz CT molecular complexity index is 757. The number of carbonyl (C=O) groups is 1. The fourth-order valence-electron chi connectivity index (χ4n) is 4.01. The lowest BCUT2D eigenvalue weighted by molar-refractivity contribution is -0.134. The summed E-state index contributed by atoms with van der Waals surface area (Å²) in [7, 11) is 2.01. The molecule has 3 unspecified atom stereocenters. The van der Waals surface area contributed by atoms with Gasteiger partial charge in [0, 0.05) is 25.5 Å². The number of halogens is 1. The van der Waals surface area contributed by atoms with E-state index in [1.54, 1.807) is 12.1 Å². The molecule has 1 amide bonds. The van der Waals surface area contributed by atoms with E-state index in [0.717, 1.165) is 31.4 Å². The zero-order valence-electron chi connectivity index (χ0n) is 14.3. The number of nitrogens with zero attached hydrogens (tertiary/aromatic N) is 2. The molecule has 6 heteroatoms. The van der Waals surface area contributed by atoms with Gasteiger partial charge in [0.25, 0.3) is 0 Å². The number of hydrogen-bond donors (Lipinski definition) is 2. The molecule has 5 nitrogen and oxygen atoms in total. The van der Waals surface area contributed by atoms with E-state index in [1.807, 2.05) is 24.2 Å². The van der Waals surface area contributed by atoms with Crippen LogP contribution in [-0.4, -0.2) is 28.0 Å². The molecule has 0 aliphatic carbocycles. The summed E-state index contributed by atoms with van der Waals surface area (Å²) in [6, 6.07) is 10.5. The average molecular weight is 342 g/mol. The maximum absolute atomic E-state index is 13.2. The summed E-state index contributed by atoms with van der Waals surface area (Å²) in [5, 5.41) is 0. The Morgan fingerprint density at radius 3 is 2.72 bits per heavy atom. The van der Waals surface area contributed by atoms with Crippen molar-refractivity contribution >= 4 is 5.91 Å². The molecule has 1 aromatic heterocycles. The fourth-order valence-corrected chi connectivity index (χ4v) is 4.01. The van der Waals surface area contributed by atoms with Gasteiger partial charge in [-0.2, -0.15) is 0 Å². The highest BCUT2D eigenvalue weighted by molar-refractivity contribution is 5.83. The first kappa shape index (κ1) is 16.3. The third-order valence-corrected chi connectivity index (χ3v) is 5.33. The van der Waals surface area contributed by atoms with Crippen molar-refractivity contribution in [3.8, 4) is 0 Å². The quantitative estimate of drug-likeness (QED) is 0.901. The van der Waals surface area contributed by atoms with Crippen molar-refractivity contribution in [1.29, 1.82) is 0 Å². The number of aromatic nitrogens is 1. The van der Waals surface area contributed by atoms with Crippen LogP contribution in [0.1, 0.15) is 42.6 Å². The highest BCUT2D eigenvalue weighted by Gasteiger charge is 2.38. The van der Waals surface area contributed by atoms with E-state index in [4.69, 9.17) is 0 Å². The fraction of sp³-hybridized carbons (Fsp3) is 0.421. The summed E-state index contributed by atoms with van der Waals surface area (Å²) in [6.45, 7) is 0.758. The van der Waals surface area contributed by atoms with Gasteiger partial charge >= 0.3 is 0 Å². The van der Waals surface area contributed by atoms with Crippen molar-refractivity contribution in [2.24, 2.45) is 7.05 Å². The third-order valence-electron chi connectivity index (χ3n) is 5.33. The van der Waals surface area contributed by atoms with Crippen molar-refractivity contribution in [3.05, 3.63) is 59.7 Å². The van der Waals surface area contributed by atoms with E-state index < -0.39 is 0 Å². The number of aryl methyl sites for hydroxylation is 1. The second-order valence-corrected chi connectivity index (χ2v) is 6.91. The predicted molar refractivity (Wildman–Crippen MR) is 92.9 cm³/mol. The van der Waals surface area contributed by atoms with Crippen LogP contribution >= 0.6 is 0 Å². The number of amides is 1. The molecule has 0 radical (unpaired) electrons. The second-order valence-electron chi connectivity index (χ2n) is 6.91. The Balaban J connectivity index is 1.47. The van der Waals surface area contributed by atoms with Crippen LogP contribution in [0.15, 0.2) is 42.6 Å². The molecule has 0 saturated carbocycles. The van der Waals surface area contributed by atoms with Gasteiger partial charge in [0.2, 0.25) is 5.91 Å². The normalized spacial score (nSPS) is 26.3. The molecule has 4 rings (SSSR count). The Kier molecular flexibility index (Phi) is 4.31. The van der Waals surface area contributed by atoms with E-state index in [2.05, 4.69) is 21.5 Å². The van der Waals surface area contributed by atoms with Crippen LogP contribution in [0.2, 0.25) is 0 Å². The standard InChI is InChI=1S/C19H23FN4O/c1-23-10-2-5-18(23)15-12-16(22-21-15)19(25)24-11-3-4-17(24)13-6-8-14(20)9-7-13/h2,5-10,15-17,21-22H,3-4,11-12H2,1H3. The highest BCUT2D eigenvalue weighted by Crippen LogP contribution is 2.34. The first-order chi connectivity index (χ1) is 12.1. The van der Waals surface area contributed by atoms with Gasteiger partial charge in [-0.15, -0.1) is 0 Å². The lowest BCUT2D eigenvalue weighted by Gasteiger charge is -2.27. The number of rotatable bonds is 3. The molecule has 2 N–H and O–H groups in total. The van der Waals surface area contributed by atoms with E-state index in [1.165, 1.54) is 17.8 Å². The Morgan fingerprint density at radius 1 is 1.20 bits per heavy atom. The molecular formula is C19H23FN4O. The van der Waals surface area contributed by atoms with E-state index >= 15 is 0 Å². The van der Waals surface area contributed by atoms with Crippen LogP contribution in [0.4, 0.5) is 4.39 Å². The molecular weight excluding hydrogens is 319 g/mol. The van der Waals surface area contributed by atoms with Gasteiger partial charge in [-0.25, -0.2) is 15.2 Å². The van der Waals surface area contributed by atoms with Gasteiger partial charge in [-0.1, -0.05) is 12.1 Å². The monoisotopic (exact) mass is 342 g/mol. The molecule has 2 aliphatic heterocycles. The molecule has 25 heavy (non-hydrogen) atoms. The number of likely N-dealkylation sites (tertiary alicyclic amines) is 1. The zero-order valence-corrected chi connectivity index (χ0v) is 14.3. The smallest absolute Gasteiger partial charge is 0.241 e. The van der Waals surface area contributed by atoms with Crippen LogP contribution < -0.4 is 10.9 Å². The second kappa shape index (κ2) is 6.61. The molecule has 2 aliphatic rings. The number of hydrazine groups is 1. The molecule has 0 bridgehead atoms. The number of nitrogens with one attached hydrogen (secondary N) is 2. The van der Waals surface area contributed by atoms with Gasteiger partial charge in [-0.05, 0) is 49.1 Å². The number of benzene rings is 1. The summed E-state index contributed by atoms with van der Waals surface area (Å²) in [5.74, 6) is -0.122. The van der Waals surface area contributed by atoms with Crippen molar-refractivity contribution in [2.75, 3.05) is 6.54 Å². The maximum Gasteiger partial charge on any atom is 0.241 e. The van der Waals surface area contributed by atoms with Crippen molar-refractivity contribution in [2.45, 2.75) is 37.4 Å². The summed E-state index contributed by atoms with van der Waals surface area (Å²) < 4.78 is 15.3. The zero-order chi connectivity index (χ0) is 17.4. The molecule has 3 heterocycles. The molecule has 0 spiro atoms. The van der Waals surface area contributed by atoms with Gasteiger partial charge in [0.05, 0.1) is 12.1 Å². The summed E-state index contributed by atoms with van der Waals surface area (Å²) in [4.78, 5) is 15.0. The topological polar surface area (TPSA) is 49.3 Å². The molecule has 2 aromatic rings. The number of hydrogen-bond acceptors (Lipinski definition) is 3. The van der Waals surface area contributed by atoms with Crippen LogP contribution in [0, 0.1) is 5.82 Å². The minimum atomic E-state index is -0.244. The third kappa shape index (κ3) is 3.07. The van der Waals surface area contributed by atoms with Gasteiger partial charge in [0.1, 0.15) is 11.9 Å². The van der Waals surface area contributed by atoms with Gasteiger partial charge in [0.15, 0.2) is 0 Å². The Hall–Kier alpha value is -2.18. The lowest BCUT2D eigenvalue weighted by Crippen LogP contribution is -2.45. The van der Waals surface area contributed by atoms with E-state index in [0.29, 0.717) is 0 Å². The molecule has 2 saturated heterocycles. The molecule has 3 atom stereocenters. The SMILES string of the molecule is Cn1cccc1C1CC(C(=O)N2CCCC2c2ccc(F)cc2)NN1. The van der Waals surface area contributed by atoms with Crippen LogP contribution in [0.3, 0.4) is 0 Å². The van der Waals surface area contributed by atoms with Gasteiger partial charge < -0.3 is 9.47 Å². The van der Waals surface area contributed by atoms with E-state index in [9.17, 15) is 9.18 Å². The predicted octanol–water partition coefficient (Wildman–Crippen LogP) is 2.44. The maximum atomic E-state index is 13.2. The van der Waals surface area contributed by atoms with Crippen LogP contribution in [-0.2, 0) is 11.8 Å². The first-order valence-corrected chi connectivity index (χ1v) is 8.81. The molecule has 2 fully saturated rings. The minimum Gasteiger partial charge on any atom is -0.353 e. The van der Waals surface area contributed by atoms with Gasteiger partial charge in [-0.3, -0.25) is 4.79 Å². The molecule has 1 aromatic carbocycles. The summed E-state index contributed by atoms with van der Waals surface area (Å²) >= 11 is 0. The minimum absolute atomic E-state index is 0.0454. The molecule has 132 valence electrons. The Morgan fingerprint density at radius 2 is 2.00 bits per heavy atom.